The molecular weight excluding hydrogens is 368 g/mol. The summed E-state index contributed by atoms with van der Waals surface area (Å²) < 4.78 is 5.27. The van der Waals surface area contributed by atoms with Crippen LogP contribution in [0.15, 0.2) is 65.2 Å². The lowest BCUT2D eigenvalue weighted by Crippen LogP contribution is -2.48. The van der Waals surface area contributed by atoms with Crippen molar-refractivity contribution in [2.75, 3.05) is 17.7 Å². The normalized spacial score (nSPS) is 17.8. The second-order valence-electron chi connectivity index (χ2n) is 7.07. The van der Waals surface area contributed by atoms with Gasteiger partial charge in [-0.25, -0.2) is 0 Å². The van der Waals surface area contributed by atoms with Crippen LogP contribution in [0.4, 0.5) is 11.4 Å². The summed E-state index contributed by atoms with van der Waals surface area (Å²) in [5, 5.41) is 12.8. The van der Waals surface area contributed by atoms with E-state index in [9.17, 15) is 9.59 Å². The van der Waals surface area contributed by atoms with Gasteiger partial charge in [-0.1, -0.05) is 47.6 Å². The van der Waals surface area contributed by atoms with Crippen molar-refractivity contribution >= 4 is 23.2 Å². The summed E-state index contributed by atoms with van der Waals surface area (Å²) in [5.41, 5.74) is 2.72. The highest BCUT2D eigenvalue weighted by Gasteiger charge is 2.36. The number of nitrogens with zero attached hydrogens (tertiary/aromatic N) is 1. The molecule has 0 radical (unpaired) electrons. The Morgan fingerprint density at radius 1 is 1.00 bits per heavy atom. The standard InChI is InChI=1S/C22H22N4O3/c1-23-17-9-5-6-10-18(17)25-21(27)15-11-16(12-15)24-22(28)19-13-20(29-26-19)14-7-3-2-4-8-14/h2-10,13,15-16,23H,11-12H2,1H3,(H,24,28)(H,25,27). The molecule has 7 nitrogen and oxygen atoms in total. The molecule has 1 fully saturated rings. The fourth-order valence-electron chi connectivity index (χ4n) is 3.37. The maximum absolute atomic E-state index is 12.4. The summed E-state index contributed by atoms with van der Waals surface area (Å²) in [6.07, 6.45) is 1.20. The minimum Gasteiger partial charge on any atom is -0.386 e. The Morgan fingerprint density at radius 2 is 1.69 bits per heavy atom. The van der Waals surface area contributed by atoms with Crippen LogP contribution in [0.1, 0.15) is 23.3 Å². The number of rotatable bonds is 6. The molecule has 7 heteroatoms. The first-order valence-electron chi connectivity index (χ1n) is 9.54. The van der Waals surface area contributed by atoms with Gasteiger partial charge >= 0.3 is 0 Å². The van der Waals surface area contributed by atoms with Gasteiger partial charge < -0.3 is 20.5 Å². The van der Waals surface area contributed by atoms with Crippen molar-refractivity contribution < 1.29 is 14.1 Å². The van der Waals surface area contributed by atoms with Crippen LogP contribution in [0, 0.1) is 5.92 Å². The first-order valence-corrected chi connectivity index (χ1v) is 9.54. The highest BCUT2D eigenvalue weighted by atomic mass is 16.5. The number of hydrogen-bond donors (Lipinski definition) is 3. The Morgan fingerprint density at radius 3 is 2.41 bits per heavy atom. The van der Waals surface area contributed by atoms with Crippen molar-refractivity contribution in [3.8, 4) is 11.3 Å². The Hall–Kier alpha value is -3.61. The van der Waals surface area contributed by atoms with Crippen LogP contribution in [0.25, 0.3) is 11.3 Å². The van der Waals surface area contributed by atoms with E-state index < -0.39 is 0 Å². The van der Waals surface area contributed by atoms with Gasteiger partial charge in [-0.2, -0.15) is 0 Å². The molecule has 3 aromatic rings. The number of nitrogens with one attached hydrogen (secondary N) is 3. The second kappa shape index (κ2) is 8.18. The zero-order chi connectivity index (χ0) is 20.2. The molecule has 0 aliphatic heterocycles. The summed E-state index contributed by atoms with van der Waals surface area (Å²) >= 11 is 0. The minimum atomic E-state index is -0.291. The van der Waals surface area contributed by atoms with E-state index in [4.69, 9.17) is 4.52 Å². The van der Waals surface area contributed by atoms with Gasteiger partial charge in [0.05, 0.1) is 11.4 Å². The van der Waals surface area contributed by atoms with E-state index in [-0.39, 0.29) is 29.5 Å². The minimum absolute atomic E-state index is 0.0361. The smallest absolute Gasteiger partial charge is 0.273 e. The molecule has 1 saturated carbocycles. The number of benzene rings is 2. The summed E-state index contributed by atoms with van der Waals surface area (Å²) in [4.78, 5) is 24.8. The Labute approximate surface area is 168 Å². The molecule has 1 heterocycles. The van der Waals surface area contributed by atoms with Gasteiger partial charge in [-0.05, 0) is 25.0 Å². The van der Waals surface area contributed by atoms with E-state index in [1.165, 1.54) is 0 Å². The van der Waals surface area contributed by atoms with Crippen LogP contribution in [-0.4, -0.2) is 30.1 Å². The maximum atomic E-state index is 12.4. The van der Waals surface area contributed by atoms with Crippen molar-refractivity contribution in [1.29, 1.82) is 0 Å². The number of anilines is 2. The van der Waals surface area contributed by atoms with E-state index in [1.807, 2.05) is 61.6 Å². The molecule has 1 aliphatic rings. The molecule has 1 aliphatic carbocycles. The van der Waals surface area contributed by atoms with Gasteiger partial charge in [-0.3, -0.25) is 9.59 Å². The van der Waals surface area contributed by atoms with E-state index >= 15 is 0 Å². The number of carbonyl (C=O) groups is 2. The molecule has 2 aromatic carbocycles. The lowest BCUT2D eigenvalue weighted by Gasteiger charge is -2.34. The topological polar surface area (TPSA) is 96.3 Å². The molecule has 0 saturated heterocycles. The molecule has 1 aromatic heterocycles. The predicted octanol–water partition coefficient (Wildman–Crippen LogP) is 3.53. The molecule has 3 N–H and O–H groups in total. The molecule has 0 bridgehead atoms. The SMILES string of the molecule is CNc1ccccc1NC(=O)C1CC(NC(=O)c2cc(-c3ccccc3)on2)C1. The quantitative estimate of drug-likeness (QED) is 0.598. The molecule has 148 valence electrons. The first-order chi connectivity index (χ1) is 14.1. The molecule has 0 unspecified atom stereocenters. The van der Waals surface area contributed by atoms with Crippen molar-refractivity contribution in [3.63, 3.8) is 0 Å². The third kappa shape index (κ3) is 4.13. The number of hydrogen-bond acceptors (Lipinski definition) is 5. The lowest BCUT2D eigenvalue weighted by molar-refractivity contribution is -0.122. The van der Waals surface area contributed by atoms with Crippen LogP contribution in [0.2, 0.25) is 0 Å². The van der Waals surface area contributed by atoms with Gasteiger partial charge in [0, 0.05) is 30.6 Å². The molecule has 29 heavy (non-hydrogen) atoms. The average molecular weight is 390 g/mol. The summed E-state index contributed by atoms with van der Waals surface area (Å²) in [5.74, 6) is 0.0959. The third-order valence-corrected chi connectivity index (χ3v) is 5.10. The summed E-state index contributed by atoms with van der Waals surface area (Å²) in [7, 11) is 1.81. The van der Waals surface area contributed by atoms with Crippen molar-refractivity contribution in [1.82, 2.24) is 10.5 Å². The fourth-order valence-corrected chi connectivity index (χ4v) is 3.37. The highest BCUT2D eigenvalue weighted by molar-refractivity contribution is 5.97. The largest absolute Gasteiger partial charge is 0.386 e. The molecular formula is C22H22N4O3. The van der Waals surface area contributed by atoms with E-state index in [0.29, 0.717) is 18.6 Å². The zero-order valence-corrected chi connectivity index (χ0v) is 16.0. The fraction of sp³-hybridized carbons (Fsp3) is 0.227. The summed E-state index contributed by atoms with van der Waals surface area (Å²) in [6.45, 7) is 0. The van der Waals surface area contributed by atoms with E-state index in [2.05, 4.69) is 21.1 Å². The van der Waals surface area contributed by atoms with Crippen molar-refractivity contribution in [2.45, 2.75) is 18.9 Å². The van der Waals surface area contributed by atoms with E-state index in [0.717, 1.165) is 16.9 Å². The monoisotopic (exact) mass is 390 g/mol. The van der Waals surface area contributed by atoms with Gasteiger partial charge in [0.25, 0.3) is 5.91 Å². The third-order valence-electron chi connectivity index (χ3n) is 5.10. The van der Waals surface area contributed by atoms with Crippen LogP contribution >= 0.6 is 0 Å². The molecule has 2 amide bonds. The van der Waals surface area contributed by atoms with Crippen LogP contribution < -0.4 is 16.0 Å². The summed E-state index contributed by atoms with van der Waals surface area (Å²) in [6, 6.07) is 18.6. The highest BCUT2D eigenvalue weighted by Crippen LogP contribution is 2.30. The number of amides is 2. The van der Waals surface area contributed by atoms with Crippen LogP contribution in [0.3, 0.4) is 0 Å². The molecule has 0 atom stereocenters. The van der Waals surface area contributed by atoms with Crippen molar-refractivity contribution in [2.24, 2.45) is 5.92 Å². The van der Waals surface area contributed by atoms with Gasteiger partial charge in [0.2, 0.25) is 5.91 Å². The van der Waals surface area contributed by atoms with Gasteiger partial charge in [0.15, 0.2) is 11.5 Å². The predicted molar refractivity (Wildman–Crippen MR) is 111 cm³/mol. The number of carbonyl (C=O) groups excluding carboxylic acids is 2. The van der Waals surface area contributed by atoms with Gasteiger partial charge in [0.1, 0.15) is 0 Å². The number of aromatic nitrogens is 1. The molecule has 0 spiro atoms. The van der Waals surface area contributed by atoms with E-state index in [1.54, 1.807) is 6.07 Å². The maximum Gasteiger partial charge on any atom is 0.273 e. The Balaban J connectivity index is 1.29. The van der Waals surface area contributed by atoms with Crippen molar-refractivity contribution in [3.05, 3.63) is 66.4 Å². The van der Waals surface area contributed by atoms with Crippen LogP contribution in [-0.2, 0) is 4.79 Å². The lowest BCUT2D eigenvalue weighted by atomic mass is 9.79. The Kier molecular flexibility index (Phi) is 5.29. The number of para-hydroxylation sites is 2. The molecule has 4 rings (SSSR count). The first kappa shape index (κ1) is 18.7. The van der Waals surface area contributed by atoms with Crippen LogP contribution in [0.5, 0.6) is 0 Å². The van der Waals surface area contributed by atoms with Gasteiger partial charge in [-0.15, -0.1) is 0 Å². The second-order valence-corrected chi connectivity index (χ2v) is 7.07. The average Bonchev–Trinajstić information content (AvgIpc) is 3.21. The zero-order valence-electron chi connectivity index (χ0n) is 16.0. The Bertz CT molecular complexity index is 1010.